The Morgan fingerprint density at radius 1 is 1.39 bits per heavy atom. The molecule has 0 spiro atoms. The SMILES string of the molecule is C/C(Cl)=C\C[C@@H](C/C=C\NC(=O)[C@@H](N)F)O[Si](C)(C)C(C)(C)C. The third-order valence-corrected chi connectivity index (χ3v) is 8.61. The quantitative estimate of drug-likeness (QED) is 0.501. The van der Waals surface area contributed by atoms with Crippen LogP contribution in [0, 0.1) is 0 Å². The summed E-state index contributed by atoms with van der Waals surface area (Å²) < 4.78 is 18.9. The number of nitrogens with two attached hydrogens (primary N) is 1. The molecule has 0 aliphatic carbocycles. The van der Waals surface area contributed by atoms with Crippen LogP contribution in [0.1, 0.15) is 40.5 Å². The first-order valence-corrected chi connectivity index (χ1v) is 11.0. The van der Waals surface area contributed by atoms with Crippen molar-refractivity contribution in [2.75, 3.05) is 0 Å². The zero-order chi connectivity index (χ0) is 18.3. The first-order chi connectivity index (χ1) is 10.4. The normalized spacial score (nSPS) is 16.5. The van der Waals surface area contributed by atoms with Gasteiger partial charge in [-0.15, -0.1) is 0 Å². The van der Waals surface area contributed by atoms with Crippen LogP contribution >= 0.6 is 11.6 Å². The van der Waals surface area contributed by atoms with Crippen molar-refractivity contribution in [3.05, 3.63) is 23.4 Å². The van der Waals surface area contributed by atoms with Gasteiger partial charge in [-0.05, 0) is 44.1 Å². The Kier molecular flexibility index (Phi) is 9.28. The Balaban J connectivity index is 4.80. The summed E-state index contributed by atoms with van der Waals surface area (Å²) in [4.78, 5) is 11.0. The van der Waals surface area contributed by atoms with Crippen LogP contribution in [0.5, 0.6) is 0 Å². The molecule has 0 bridgehead atoms. The van der Waals surface area contributed by atoms with Gasteiger partial charge in [0.05, 0.1) is 6.10 Å². The van der Waals surface area contributed by atoms with Crippen molar-refractivity contribution in [1.29, 1.82) is 0 Å². The Hall–Kier alpha value is -0.693. The zero-order valence-corrected chi connectivity index (χ0v) is 16.7. The van der Waals surface area contributed by atoms with Crippen molar-refractivity contribution in [2.24, 2.45) is 5.73 Å². The second-order valence-electron chi connectivity index (χ2n) is 7.08. The Morgan fingerprint density at radius 2 is 1.96 bits per heavy atom. The lowest BCUT2D eigenvalue weighted by Crippen LogP contribution is -2.43. The van der Waals surface area contributed by atoms with E-state index in [9.17, 15) is 9.18 Å². The minimum Gasteiger partial charge on any atom is -0.413 e. The van der Waals surface area contributed by atoms with E-state index in [0.29, 0.717) is 12.8 Å². The maximum Gasteiger partial charge on any atom is 0.273 e. The molecule has 4 nitrogen and oxygen atoms in total. The van der Waals surface area contributed by atoms with Crippen molar-refractivity contribution in [3.63, 3.8) is 0 Å². The maximum atomic E-state index is 12.5. The highest BCUT2D eigenvalue weighted by Crippen LogP contribution is 2.38. The molecular formula is C16H30ClFN2O2Si. The van der Waals surface area contributed by atoms with Gasteiger partial charge < -0.3 is 9.74 Å². The highest BCUT2D eigenvalue weighted by Gasteiger charge is 2.38. The molecule has 0 aromatic heterocycles. The van der Waals surface area contributed by atoms with Crippen molar-refractivity contribution in [2.45, 2.75) is 71.1 Å². The highest BCUT2D eigenvalue weighted by atomic mass is 35.5. The van der Waals surface area contributed by atoms with Crippen LogP contribution in [0.15, 0.2) is 23.4 Å². The van der Waals surface area contributed by atoms with Gasteiger partial charge in [-0.2, -0.15) is 0 Å². The second-order valence-corrected chi connectivity index (χ2v) is 12.4. The molecule has 3 N–H and O–H groups in total. The molecule has 0 radical (unpaired) electrons. The monoisotopic (exact) mass is 364 g/mol. The first-order valence-electron chi connectivity index (χ1n) is 7.72. The number of nitrogens with one attached hydrogen (secondary N) is 1. The van der Waals surface area contributed by atoms with Gasteiger partial charge in [0, 0.05) is 5.03 Å². The van der Waals surface area contributed by atoms with E-state index in [1.165, 1.54) is 6.20 Å². The fourth-order valence-electron chi connectivity index (χ4n) is 1.52. The third-order valence-electron chi connectivity index (χ3n) is 3.92. The minimum absolute atomic E-state index is 0.0446. The van der Waals surface area contributed by atoms with E-state index >= 15 is 0 Å². The van der Waals surface area contributed by atoms with Crippen LogP contribution < -0.4 is 11.1 Å². The minimum atomic E-state index is -2.01. The van der Waals surface area contributed by atoms with Crippen LogP contribution in [-0.4, -0.2) is 26.6 Å². The van der Waals surface area contributed by atoms with Gasteiger partial charge in [0.15, 0.2) is 8.32 Å². The molecule has 0 saturated carbocycles. The summed E-state index contributed by atoms with van der Waals surface area (Å²) in [6, 6.07) is 0. The molecule has 0 aromatic carbocycles. The van der Waals surface area contributed by atoms with Crippen molar-refractivity contribution in [1.82, 2.24) is 5.32 Å². The number of carbonyl (C=O) groups is 1. The topological polar surface area (TPSA) is 64.4 Å². The van der Waals surface area contributed by atoms with Gasteiger partial charge in [0.1, 0.15) is 0 Å². The van der Waals surface area contributed by atoms with Crippen molar-refractivity contribution >= 4 is 25.8 Å². The average molecular weight is 365 g/mol. The zero-order valence-electron chi connectivity index (χ0n) is 15.0. The fraction of sp³-hybridized carbons (Fsp3) is 0.688. The highest BCUT2D eigenvalue weighted by molar-refractivity contribution is 6.74. The van der Waals surface area contributed by atoms with E-state index in [4.69, 9.17) is 21.8 Å². The molecule has 2 atom stereocenters. The molecule has 0 saturated heterocycles. The van der Waals surface area contributed by atoms with Gasteiger partial charge in [-0.1, -0.05) is 44.5 Å². The maximum absolute atomic E-state index is 12.5. The third kappa shape index (κ3) is 9.25. The number of allylic oxidation sites excluding steroid dienone is 1. The van der Waals surface area contributed by atoms with Crippen LogP contribution in [0.25, 0.3) is 0 Å². The Labute approximate surface area is 145 Å². The molecule has 0 unspecified atom stereocenters. The summed E-state index contributed by atoms with van der Waals surface area (Å²) in [7, 11) is -1.91. The lowest BCUT2D eigenvalue weighted by Gasteiger charge is -2.39. The molecule has 0 aliphatic rings. The number of rotatable bonds is 8. The van der Waals surface area contributed by atoms with Crippen LogP contribution in [0.4, 0.5) is 4.39 Å². The van der Waals surface area contributed by atoms with E-state index in [2.05, 4.69) is 39.2 Å². The summed E-state index contributed by atoms with van der Waals surface area (Å²) in [6.07, 6.45) is 4.29. The van der Waals surface area contributed by atoms with Crippen molar-refractivity contribution < 1.29 is 13.6 Å². The number of hydrogen-bond acceptors (Lipinski definition) is 3. The fourth-order valence-corrected chi connectivity index (χ4v) is 2.99. The largest absolute Gasteiger partial charge is 0.413 e. The molecule has 7 heteroatoms. The Morgan fingerprint density at radius 3 is 2.39 bits per heavy atom. The first kappa shape index (κ1) is 22.3. The predicted octanol–water partition coefficient (Wildman–Crippen LogP) is 4.18. The molecule has 134 valence electrons. The number of halogens is 2. The van der Waals surface area contributed by atoms with E-state index in [-0.39, 0.29) is 11.1 Å². The molecule has 0 heterocycles. The molecule has 0 fully saturated rings. The van der Waals surface area contributed by atoms with Crippen LogP contribution in [0.2, 0.25) is 18.1 Å². The number of carbonyl (C=O) groups excluding carboxylic acids is 1. The second kappa shape index (κ2) is 9.57. The summed E-state index contributed by atoms with van der Waals surface area (Å²) in [5.74, 6) is -0.861. The molecule has 23 heavy (non-hydrogen) atoms. The average Bonchev–Trinajstić information content (AvgIpc) is 2.38. The standard InChI is InChI=1S/C16H30ClFN2O2Si/c1-12(17)9-10-13(22-23(5,6)16(2,3)4)8-7-11-20-15(21)14(18)19/h7,9,11,13-14H,8,10,19H2,1-6H3,(H,20,21)/b11-7-,12-9+/t13-,14-/m1/s1. The van der Waals surface area contributed by atoms with Gasteiger partial charge >= 0.3 is 0 Å². The molecular weight excluding hydrogens is 335 g/mol. The number of alkyl halides is 1. The lowest BCUT2D eigenvalue weighted by atomic mass is 10.2. The van der Waals surface area contributed by atoms with E-state index in [1.807, 2.05) is 13.0 Å². The van der Waals surface area contributed by atoms with Crippen LogP contribution in [-0.2, 0) is 9.22 Å². The van der Waals surface area contributed by atoms with E-state index < -0.39 is 20.5 Å². The smallest absolute Gasteiger partial charge is 0.273 e. The van der Waals surface area contributed by atoms with Crippen molar-refractivity contribution in [3.8, 4) is 0 Å². The summed E-state index contributed by atoms with van der Waals surface area (Å²) in [5, 5.41) is 3.11. The number of amides is 1. The summed E-state index contributed by atoms with van der Waals surface area (Å²) >= 11 is 5.91. The molecule has 0 aromatic rings. The molecule has 0 rings (SSSR count). The lowest BCUT2D eigenvalue weighted by molar-refractivity contribution is -0.124. The number of hydrogen-bond donors (Lipinski definition) is 2. The van der Waals surface area contributed by atoms with Gasteiger partial charge in [-0.3, -0.25) is 10.5 Å². The Bertz CT molecular complexity index is 442. The summed E-state index contributed by atoms with van der Waals surface area (Å²) in [6.45, 7) is 12.7. The summed E-state index contributed by atoms with van der Waals surface area (Å²) in [5.41, 5.74) is 4.84. The molecule has 1 amide bonds. The van der Waals surface area contributed by atoms with E-state index in [0.717, 1.165) is 5.03 Å². The predicted molar refractivity (Wildman–Crippen MR) is 97.3 cm³/mol. The molecule has 0 aliphatic heterocycles. The van der Waals surface area contributed by atoms with Gasteiger partial charge in [0.2, 0.25) is 6.30 Å². The van der Waals surface area contributed by atoms with E-state index in [1.54, 1.807) is 6.08 Å². The van der Waals surface area contributed by atoms with Gasteiger partial charge in [0.25, 0.3) is 5.91 Å². The van der Waals surface area contributed by atoms with Gasteiger partial charge in [-0.25, -0.2) is 4.39 Å². The van der Waals surface area contributed by atoms with Crippen LogP contribution in [0.3, 0.4) is 0 Å².